The average Bonchev–Trinajstić information content (AvgIpc) is 3.11. The number of benzene rings is 1. The molecule has 4 aliphatic rings. The standard InChI is InChI=1S/C22H13F9O/c1-2-18-14(11-7-3-4-9-13(11)32-18)16-15(19(23,24)21(27,28)20(16,25)26)12-8-5-6-10-17(12,18)22(29,30)31/h3-10H,2H2,1H3. The van der Waals surface area contributed by atoms with Crippen LogP contribution in [0.2, 0.25) is 0 Å². The summed E-state index contributed by atoms with van der Waals surface area (Å²) in [6, 6.07) is 4.93. The molecule has 0 bridgehead atoms. The molecule has 0 spiro atoms. The highest BCUT2D eigenvalue weighted by molar-refractivity contribution is 5.92. The second-order valence-electron chi connectivity index (χ2n) is 8.06. The molecule has 1 saturated carbocycles. The number of hydrogen-bond donors (Lipinski definition) is 0. The molecule has 1 heterocycles. The van der Waals surface area contributed by atoms with Crippen LogP contribution in [0, 0.1) is 5.41 Å². The summed E-state index contributed by atoms with van der Waals surface area (Å²) in [7, 11) is 0. The maximum Gasteiger partial charge on any atom is 0.406 e. The molecule has 0 aromatic heterocycles. The van der Waals surface area contributed by atoms with E-state index in [1.807, 2.05) is 0 Å². The minimum atomic E-state index is -5.95. The Morgan fingerprint density at radius 1 is 0.844 bits per heavy atom. The van der Waals surface area contributed by atoms with Crippen molar-refractivity contribution in [2.75, 3.05) is 0 Å². The summed E-state index contributed by atoms with van der Waals surface area (Å²) < 4.78 is 139. The first-order chi connectivity index (χ1) is 14.7. The van der Waals surface area contributed by atoms with Gasteiger partial charge in [-0.2, -0.15) is 39.5 Å². The molecule has 10 heteroatoms. The van der Waals surface area contributed by atoms with E-state index in [0.717, 1.165) is 18.2 Å². The Kier molecular flexibility index (Phi) is 3.73. The van der Waals surface area contributed by atoms with Gasteiger partial charge in [0.2, 0.25) is 0 Å². The van der Waals surface area contributed by atoms with Gasteiger partial charge < -0.3 is 4.74 Å². The average molecular weight is 464 g/mol. The van der Waals surface area contributed by atoms with Crippen LogP contribution in [0.4, 0.5) is 39.5 Å². The highest BCUT2D eigenvalue weighted by Gasteiger charge is 2.86. The van der Waals surface area contributed by atoms with E-state index >= 15 is 8.78 Å². The highest BCUT2D eigenvalue weighted by atomic mass is 19.4. The molecule has 1 aromatic carbocycles. The SMILES string of the molecule is CCC12Oc3ccccc3C1=C1C(=C3C=CC=CC32C(F)(F)F)C(F)(F)C(F)(F)C1(F)F. The first-order valence-corrected chi connectivity index (χ1v) is 9.57. The molecule has 1 fully saturated rings. The summed E-state index contributed by atoms with van der Waals surface area (Å²) >= 11 is 0. The van der Waals surface area contributed by atoms with Gasteiger partial charge in [-0.15, -0.1) is 0 Å². The van der Waals surface area contributed by atoms with Crippen LogP contribution in [0.3, 0.4) is 0 Å². The van der Waals surface area contributed by atoms with E-state index in [-0.39, 0.29) is 11.3 Å². The number of para-hydroxylation sites is 1. The first-order valence-electron chi connectivity index (χ1n) is 9.57. The zero-order chi connectivity index (χ0) is 23.5. The zero-order valence-corrected chi connectivity index (χ0v) is 16.1. The van der Waals surface area contributed by atoms with Crippen LogP contribution >= 0.6 is 0 Å². The quantitative estimate of drug-likeness (QED) is 0.412. The van der Waals surface area contributed by atoms with E-state index < -0.39 is 63.7 Å². The molecule has 0 radical (unpaired) electrons. The van der Waals surface area contributed by atoms with Crippen LogP contribution in [0.5, 0.6) is 5.75 Å². The molecule has 1 aromatic rings. The van der Waals surface area contributed by atoms with Gasteiger partial charge in [0.1, 0.15) is 5.75 Å². The number of rotatable bonds is 1. The normalized spacial score (nSPS) is 32.9. The van der Waals surface area contributed by atoms with Gasteiger partial charge >= 0.3 is 23.9 Å². The molecule has 5 rings (SSSR count). The second kappa shape index (κ2) is 5.63. The summed E-state index contributed by atoms with van der Waals surface area (Å²) in [5.41, 5.74) is -12.6. The van der Waals surface area contributed by atoms with Crippen molar-refractivity contribution >= 4 is 5.57 Å². The molecular weight excluding hydrogens is 451 g/mol. The molecule has 170 valence electrons. The minimum Gasteiger partial charge on any atom is -0.480 e. The minimum absolute atomic E-state index is 0.279. The molecule has 1 aliphatic heterocycles. The van der Waals surface area contributed by atoms with E-state index in [1.54, 1.807) is 0 Å². The molecule has 32 heavy (non-hydrogen) atoms. The maximum atomic E-state index is 15.1. The van der Waals surface area contributed by atoms with Crippen molar-refractivity contribution in [2.45, 2.75) is 42.9 Å². The summed E-state index contributed by atoms with van der Waals surface area (Å²) in [6.07, 6.45) is -3.03. The van der Waals surface area contributed by atoms with Gasteiger partial charge in [0, 0.05) is 22.3 Å². The molecular formula is C22H13F9O. The Morgan fingerprint density at radius 2 is 1.47 bits per heavy atom. The van der Waals surface area contributed by atoms with Crippen LogP contribution in [-0.4, -0.2) is 29.5 Å². The second-order valence-corrected chi connectivity index (χ2v) is 8.06. The van der Waals surface area contributed by atoms with E-state index in [1.165, 1.54) is 25.1 Å². The molecule has 0 saturated heterocycles. The third-order valence-corrected chi connectivity index (χ3v) is 6.76. The maximum absolute atomic E-state index is 15.1. The van der Waals surface area contributed by atoms with Crippen LogP contribution in [0.1, 0.15) is 18.9 Å². The Morgan fingerprint density at radius 3 is 2.09 bits per heavy atom. The largest absolute Gasteiger partial charge is 0.480 e. The Hall–Kier alpha value is -2.65. The van der Waals surface area contributed by atoms with Crippen molar-refractivity contribution in [2.24, 2.45) is 5.41 Å². The van der Waals surface area contributed by atoms with E-state index in [4.69, 9.17) is 4.74 Å². The third kappa shape index (κ3) is 1.89. The fourth-order valence-corrected chi connectivity index (χ4v) is 5.45. The number of alkyl halides is 9. The van der Waals surface area contributed by atoms with Crippen molar-refractivity contribution in [3.63, 3.8) is 0 Å². The number of fused-ring (bicyclic) bond motifs is 6. The molecule has 2 atom stereocenters. The fraction of sp³-hybridized carbons (Fsp3) is 0.364. The van der Waals surface area contributed by atoms with Crippen molar-refractivity contribution in [1.29, 1.82) is 0 Å². The molecule has 0 amide bonds. The van der Waals surface area contributed by atoms with Crippen molar-refractivity contribution in [3.05, 3.63) is 70.9 Å². The van der Waals surface area contributed by atoms with Gasteiger partial charge in [-0.05, 0) is 18.1 Å². The smallest absolute Gasteiger partial charge is 0.406 e. The molecule has 0 N–H and O–H groups in total. The van der Waals surface area contributed by atoms with Crippen LogP contribution in [-0.2, 0) is 0 Å². The lowest BCUT2D eigenvalue weighted by Crippen LogP contribution is -2.61. The summed E-state index contributed by atoms with van der Waals surface area (Å²) in [6.45, 7) is 1.21. The molecule has 2 unspecified atom stereocenters. The van der Waals surface area contributed by atoms with E-state index in [0.29, 0.717) is 12.2 Å². The van der Waals surface area contributed by atoms with Gasteiger partial charge in [0.15, 0.2) is 11.0 Å². The highest BCUT2D eigenvalue weighted by Crippen LogP contribution is 2.75. The zero-order valence-electron chi connectivity index (χ0n) is 16.1. The van der Waals surface area contributed by atoms with Gasteiger partial charge in [-0.3, -0.25) is 0 Å². The topological polar surface area (TPSA) is 9.23 Å². The fourth-order valence-electron chi connectivity index (χ4n) is 5.45. The van der Waals surface area contributed by atoms with Crippen LogP contribution in [0.15, 0.2) is 65.3 Å². The van der Waals surface area contributed by atoms with E-state index in [9.17, 15) is 30.7 Å². The number of halogens is 9. The van der Waals surface area contributed by atoms with Crippen molar-refractivity contribution in [1.82, 2.24) is 0 Å². The van der Waals surface area contributed by atoms with Crippen molar-refractivity contribution in [3.8, 4) is 5.75 Å². The van der Waals surface area contributed by atoms with E-state index in [2.05, 4.69) is 0 Å². The lowest BCUT2D eigenvalue weighted by atomic mass is 9.55. The Balaban J connectivity index is 2.08. The van der Waals surface area contributed by atoms with Crippen LogP contribution < -0.4 is 4.74 Å². The van der Waals surface area contributed by atoms with Crippen molar-refractivity contribution < 1.29 is 44.3 Å². The monoisotopic (exact) mass is 464 g/mol. The Bertz CT molecular complexity index is 1170. The Labute approximate surface area is 175 Å². The van der Waals surface area contributed by atoms with Crippen LogP contribution in [0.25, 0.3) is 5.57 Å². The number of ether oxygens (including phenoxy) is 1. The molecule has 1 nitrogen and oxygen atoms in total. The predicted molar refractivity (Wildman–Crippen MR) is 95.6 cm³/mol. The lowest BCUT2D eigenvalue weighted by molar-refractivity contribution is -0.258. The first kappa shape index (κ1) is 21.2. The molecule has 3 aliphatic carbocycles. The lowest BCUT2D eigenvalue weighted by Gasteiger charge is -2.52. The number of hydrogen-bond acceptors (Lipinski definition) is 1. The van der Waals surface area contributed by atoms with Gasteiger partial charge in [-0.1, -0.05) is 49.4 Å². The summed E-state index contributed by atoms with van der Waals surface area (Å²) in [4.78, 5) is 0. The van der Waals surface area contributed by atoms with Gasteiger partial charge in [0.05, 0.1) is 0 Å². The summed E-state index contributed by atoms with van der Waals surface area (Å²) in [5, 5.41) is 0. The van der Waals surface area contributed by atoms with Gasteiger partial charge in [-0.25, -0.2) is 0 Å². The summed E-state index contributed by atoms with van der Waals surface area (Å²) in [5.74, 6) is -17.2. The predicted octanol–water partition coefficient (Wildman–Crippen LogP) is 6.89. The number of allylic oxidation sites excluding steroid dienone is 5. The van der Waals surface area contributed by atoms with Gasteiger partial charge in [0.25, 0.3) is 0 Å². The third-order valence-electron chi connectivity index (χ3n) is 6.76.